The van der Waals surface area contributed by atoms with E-state index >= 15 is 0 Å². The molecule has 0 aromatic carbocycles. The van der Waals surface area contributed by atoms with Gasteiger partial charge in [-0.2, -0.15) is 0 Å². The molecule has 0 saturated carbocycles. The Hall–Kier alpha value is -0.890. The second-order valence-corrected chi connectivity index (χ2v) is 6.92. The van der Waals surface area contributed by atoms with E-state index in [1.54, 1.807) is 23.9 Å². The average Bonchev–Trinajstić information content (AvgIpc) is 2.71. The van der Waals surface area contributed by atoms with E-state index in [0.717, 1.165) is 31.6 Å². The van der Waals surface area contributed by atoms with Crippen molar-refractivity contribution >= 4 is 10.0 Å². The molecule has 2 rings (SSSR count). The molecule has 108 valence electrons. The SMILES string of the molecule is CN1CCCC(NS(=O)(=O)c2cc(CN)n(C)c2)C1. The highest BCUT2D eigenvalue weighted by atomic mass is 32.2. The first-order valence-electron chi connectivity index (χ1n) is 6.48. The van der Waals surface area contributed by atoms with E-state index < -0.39 is 10.0 Å². The third-order valence-electron chi connectivity index (χ3n) is 3.55. The van der Waals surface area contributed by atoms with Gasteiger partial charge in [0.25, 0.3) is 0 Å². The molecule has 0 aliphatic carbocycles. The number of likely N-dealkylation sites (N-methyl/N-ethyl adjacent to an activating group) is 1. The molecule has 0 spiro atoms. The van der Waals surface area contributed by atoms with Crippen molar-refractivity contribution in [1.29, 1.82) is 0 Å². The first-order valence-corrected chi connectivity index (χ1v) is 7.97. The van der Waals surface area contributed by atoms with Crippen LogP contribution in [0, 0.1) is 0 Å². The third-order valence-corrected chi connectivity index (χ3v) is 5.04. The fourth-order valence-electron chi connectivity index (χ4n) is 2.48. The highest BCUT2D eigenvalue weighted by molar-refractivity contribution is 7.89. The largest absolute Gasteiger partial charge is 0.352 e. The summed E-state index contributed by atoms with van der Waals surface area (Å²) in [6, 6.07) is 1.62. The number of aryl methyl sites for hydroxylation is 1. The van der Waals surface area contributed by atoms with Crippen molar-refractivity contribution < 1.29 is 8.42 Å². The first-order chi connectivity index (χ1) is 8.92. The Morgan fingerprint density at radius 1 is 1.47 bits per heavy atom. The Kier molecular flexibility index (Phi) is 4.29. The van der Waals surface area contributed by atoms with Crippen LogP contribution in [-0.2, 0) is 23.6 Å². The smallest absolute Gasteiger partial charge is 0.242 e. The average molecular weight is 286 g/mol. The molecule has 1 fully saturated rings. The van der Waals surface area contributed by atoms with Gasteiger partial charge in [0.15, 0.2) is 0 Å². The molecule has 0 radical (unpaired) electrons. The van der Waals surface area contributed by atoms with Gasteiger partial charge in [-0.05, 0) is 32.5 Å². The number of nitrogens with zero attached hydrogens (tertiary/aromatic N) is 2. The minimum Gasteiger partial charge on any atom is -0.352 e. The molecule has 1 unspecified atom stereocenters. The standard InChI is InChI=1S/C12H22N4O2S/c1-15-5-3-4-10(8-15)14-19(17,18)12-6-11(7-13)16(2)9-12/h6,9-10,14H,3-5,7-8,13H2,1-2H3. The molecule has 1 atom stereocenters. The number of likely N-dealkylation sites (tertiary alicyclic amines) is 1. The van der Waals surface area contributed by atoms with Gasteiger partial charge in [-0.1, -0.05) is 0 Å². The lowest BCUT2D eigenvalue weighted by Crippen LogP contribution is -2.46. The lowest BCUT2D eigenvalue weighted by atomic mass is 10.1. The lowest BCUT2D eigenvalue weighted by molar-refractivity contribution is 0.242. The zero-order chi connectivity index (χ0) is 14.0. The second kappa shape index (κ2) is 5.62. The molecular weight excluding hydrogens is 264 g/mol. The number of hydrogen-bond acceptors (Lipinski definition) is 4. The summed E-state index contributed by atoms with van der Waals surface area (Å²) in [6.07, 6.45) is 3.52. The molecule has 3 N–H and O–H groups in total. The maximum Gasteiger partial charge on any atom is 0.242 e. The van der Waals surface area contributed by atoms with E-state index in [4.69, 9.17) is 5.73 Å². The Bertz CT molecular complexity index is 538. The molecule has 6 nitrogen and oxygen atoms in total. The van der Waals surface area contributed by atoms with Gasteiger partial charge in [0.1, 0.15) is 0 Å². The Morgan fingerprint density at radius 2 is 2.21 bits per heavy atom. The maximum atomic E-state index is 12.3. The number of nitrogens with two attached hydrogens (primary N) is 1. The van der Waals surface area contributed by atoms with Crippen molar-refractivity contribution in [2.75, 3.05) is 20.1 Å². The fourth-order valence-corrected chi connectivity index (χ4v) is 3.83. The predicted molar refractivity (Wildman–Crippen MR) is 74.1 cm³/mol. The predicted octanol–water partition coefficient (Wildman–Crippen LogP) is -0.144. The molecule has 7 heteroatoms. The van der Waals surface area contributed by atoms with Crippen molar-refractivity contribution in [2.45, 2.75) is 30.3 Å². The number of nitrogens with one attached hydrogen (secondary N) is 1. The lowest BCUT2D eigenvalue weighted by Gasteiger charge is -2.29. The van der Waals surface area contributed by atoms with Crippen LogP contribution in [0.2, 0.25) is 0 Å². The van der Waals surface area contributed by atoms with E-state index in [9.17, 15) is 8.42 Å². The highest BCUT2D eigenvalue weighted by Crippen LogP contribution is 2.16. The van der Waals surface area contributed by atoms with Gasteiger partial charge in [0, 0.05) is 38.1 Å². The van der Waals surface area contributed by atoms with E-state index in [2.05, 4.69) is 9.62 Å². The van der Waals surface area contributed by atoms with E-state index in [1.807, 2.05) is 7.05 Å². The number of rotatable bonds is 4. The summed E-state index contributed by atoms with van der Waals surface area (Å²) in [5.41, 5.74) is 6.37. The van der Waals surface area contributed by atoms with Crippen LogP contribution in [0.4, 0.5) is 0 Å². The minimum atomic E-state index is -3.45. The van der Waals surface area contributed by atoms with Gasteiger partial charge in [-0.3, -0.25) is 0 Å². The summed E-state index contributed by atoms with van der Waals surface area (Å²) in [6.45, 7) is 2.12. The van der Waals surface area contributed by atoms with Crippen LogP contribution < -0.4 is 10.5 Å². The topological polar surface area (TPSA) is 80.4 Å². The number of aromatic nitrogens is 1. The van der Waals surface area contributed by atoms with Gasteiger partial charge in [0.2, 0.25) is 10.0 Å². The summed E-state index contributed by atoms with van der Waals surface area (Å²) in [5.74, 6) is 0. The molecule has 1 aliphatic heterocycles. The van der Waals surface area contributed by atoms with Crippen molar-refractivity contribution in [3.8, 4) is 0 Å². The summed E-state index contributed by atoms with van der Waals surface area (Å²) in [7, 11) is 0.362. The zero-order valence-corrected chi connectivity index (χ0v) is 12.3. The van der Waals surface area contributed by atoms with Crippen LogP contribution in [-0.4, -0.2) is 44.1 Å². The molecule has 1 saturated heterocycles. The van der Waals surface area contributed by atoms with E-state index in [0.29, 0.717) is 11.4 Å². The van der Waals surface area contributed by atoms with Gasteiger partial charge in [-0.25, -0.2) is 13.1 Å². The van der Waals surface area contributed by atoms with Crippen molar-refractivity contribution in [3.63, 3.8) is 0 Å². The molecule has 2 heterocycles. The van der Waals surface area contributed by atoms with Crippen molar-refractivity contribution in [3.05, 3.63) is 18.0 Å². The molecule has 19 heavy (non-hydrogen) atoms. The normalized spacial score (nSPS) is 21.7. The van der Waals surface area contributed by atoms with E-state index in [-0.39, 0.29) is 6.04 Å². The highest BCUT2D eigenvalue weighted by Gasteiger charge is 2.24. The van der Waals surface area contributed by atoms with Crippen LogP contribution >= 0.6 is 0 Å². The van der Waals surface area contributed by atoms with Crippen LogP contribution in [0.5, 0.6) is 0 Å². The van der Waals surface area contributed by atoms with Gasteiger partial charge in [-0.15, -0.1) is 0 Å². The summed E-state index contributed by atoms with van der Waals surface area (Å²) in [5, 5.41) is 0. The first kappa shape index (κ1) is 14.5. The maximum absolute atomic E-state index is 12.3. The summed E-state index contributed by atoms with van der Waals surface area (Å²) < 4.78 is 29.1. The van der Waals surface area contributed by atoms with E-state index in [1.165, 1.54) is 0 Å². The summed E-state index contributed by atoms with van der Waals surface area (Å²) in [4.78, 5) is 2.44. The van der Waals surface area contributed by atoms with Gasteiger partial charge in [0.05, 0.1) is 4.90 Å². The third kappa shape index (κ3) is 3.36. The fraction of sp³-hybridized carbons (Fsp3) is 0.667. The number of hydrogen-bond donors (Lipinski definition) is 2. The van der Waals surface area contributed by atoms with Gasteiger partial charge < -0.3 is 15.2 Å². The zero-order valence-electron chi connectivity index (χ0n) is 11.5. The van der Waals surface area contributed by atoms with Crippen molar-refractivity contribution in [2.24, 2.45) is 12.8 Å². The monoisotopic (exact) mass is 286 g/mol. The van der Waals surface area contributed by atoms with Crippen LogP contribution in [0.1, 0.15) is 18.5 Å². The summed E-state index contributed by atoms with van der Waals surface area (Å²) >= 11 is 0. The molecule has 0 amide bonds. The van der Waals surface area contributed by atoms with Crippen molar-refractivity contribution in [1.82, 2.24) is 14.2 Å². The quantitative estimate of drug-likeness (QED) is 0.807. The minimum absolute atomic E-state index is 0.00900. The van der Waals surface area contributed by atoms with Crippen LogP contribution in [0.3, 0.4) is 0 Å². The molecule has 1 aromatic heterocycles. The molecular formula is C12H22N4O2S. The molecule has 1 aromatic rings. The Morgan fingerprint density at radius 3 is 2.79 bits per heavy atom. The Balaban J connectivity index is 2.13. The number of piperidine rings is 1. The molecule has 1 aliphatic rings. The van der Waals surface area contributed by atoms with Crippen LogP contribution in [0.25, 0.3) is 0 Å². The Labute approximate surface area is 114 Å². The molecule has 0 bridgehead atoms. The number of sulfonamides is 1. The van der Waals surface area contributed by atoms with Gasteiger partial charge >= 0.3 is 0 Å². The van der Waals surface area contributed by atoms with Crippen LogP contribution in [0.15, 0.2) is 17.2 Å². The second-order valence-electron chi connectivity index (χ2n) is 5.20.